The van der Waals surface area contributed by atoms with E-state index in [9.17, 15) is 0 Å². The first-order chi connectivity index (χ1) is 14.7. The van der Waals surface area contributed by atoms with Gasteiger partial charge in [-0.15, -0.1) is 10.2 Å². The van der Waals surface area contributed by atoms with Crippen molar-refractivity contribution in [3.05, 3.63) is 89.7 Å². The van der Waals surface area contributed by atoms with Gasteiger partial charge in [0.2, 0.25) is 0 Å². The van der Waals surface area contributed by atoms with E-state index in [2.05, 4.69) is 87.1 Å². The number of benzene rings is 3. The van der Waals surface area contributed by atoms with Gasteiger partial charge < -0.3 is 4.98 Å². The highest BCUT2D eigenvalue weighted by molar-refractivity contribution is 7.98. The number of thioether (sulfide) groups is 1. The molecule has 0 unspecified atom stereocenters. The second kappa shape index (κ2) is 7.80. The van der Waals surface area contributed by atoms with Crippen LogP contribution in [-0.2, 0) is 5.75 Å². The van der Waals surface area contributed by atoms with Gasteiger partial charge in [0.15, 0.2) is 11.0 Å². The maximum absolute atomic E-state index is 4.68. The third kappa shape index (κ3) is 3.62. The van der Waals surface area contributed by atoms with Gasteiger partial charge in [-0.3, -0.25) is 4.57 Å². The molecule has 0 saturated heterocycles. The fourth-order valence-electron chi connectivity index (χ4n) is 3.39. The zero-order valence-corrected chi connectivity index (χ0v) is 17.6. The summed E-state index contributed by atoms with van der Waals surface area (Å²) in [6, 6.07) is 24.9. The Balaban J connectivity index is 1.52. The minimum atomic E-state index is 0.687. The summed E-state index contributed by atoms with van der Waals surface area (Å²) in [5.74, 6) is 2.45. The van der Waals surface area contributed by atoms with Crippen LogP contribution in [0.1, 0.15) is 17.0 Å². The highest BCUT2D eigenvalue weighted by Crippen LogP contribution is 2.30. The van der Waals surface area contributed by atoms with Crippen LogP contribution in [0.4, 0.5) is 0 Å². The van der Waals surface area contributed by atoms with Gasteiger partial charge in [-0.2, -0.15) is 0 Å². The number of nitrogens with zero attached hydrogens (tertiary/aromatic N) is 4. The lowest BCUT2D eigenvalue weighted by Gasteiger charge is -2.10. The Morgan fingerprint density at radius 3 is 2.27 bits per heavy atom. The largest absolute Gasteiger partial charge is 0.341 e. The molecule has 0 spiro atoms. The van der Waals surface area contributed by atoms with Gasteiger partial charge in [-0.05, 0) is 38.1 Å². The third-order valence-corrected chi connectivity index (χ3v) is 5.95. The van der Waals surface area contributed by atoms with Gasteiger partial charge in [0, 0.05) is 11.3 Å². The normalized spacial score (nSPS) is 11.3. The second-order valence-corrected chi connectivity index (χ2v) is 8.27. The zero-order chi connectivity index (χ0) is 20.5. The quantitative estimate of drug-likeness (QED) is 0.376. The van der Waals surface area contributed by atoms with E-state index in [1.54, 1.807) is 11.8 Å². The van der Waals surface area contributed by atoms with Crippen molar-refractivity contribution >= 4 is 22.8 Å². The smallest absolute Gasteiger partial charge is 0.196 e. The monoisotopic (exact) mass is 411 g/mol. The second-order valence-electron chi connectivity index (χ2n) is 7.33. The molecular formula is C24H21N5S. The number of H-pyrrole nitrogens is 1. The molecule has 30 heavy (non-hydrogen) atoms. The van der Waals surface area contributed by atoms with E-state index in [4.69, 9.17) is 0 Å². The lowest BCUT2D eigenvalue weighted by molar-refractivity contribution is 0.884. The number of aromatic nitrogens is 5. The molecule has 0 aliphatic heterocycles. The molecular weight excluding hydrogens is 390 g/mol. The minimum Gasteiger partial charge on any atom is -0.341 e. The Kier molecular flexibility index (Phi) is 4.85. The summed E-state index contributed by atoms with van der Waals surface area (Å²) < 4.78 is 2.12. The first-order valence-corrected chi connectivity index (χ1v) is 10.8. The molecule has 5 rings (SSSR count). The van der Waals surface area contributed by atoms with Crippen LogP contribution in [0, 0.1) is 13.8 Å². The lowest BCUT2D eigenvalue weighted by atomic mass is 10.1. The topological polar surface area (TPSA) is 59.4 Å². The van der Waals surface area contributed by atoms with Crippen molar-refractivity contribution in [1.29, 1.82) is 0 Å². The van der Waals surface area contributed by atoms with Crippen molar-refractivity contribution in [1.82, 2.24) is 24.7 Å². The lowest BCUT2D eigenvalue weighted by Crippen LogP contribution is -2.00. The zero-order valence-electron chi connectivity index (χ0n) is 16.8. The van der Waals surface area contributed by atoms with Gasteiger partial charge in [0.25, 0.3) is 0 Å². The molecule has 0 bridgehead atoms. The number of aromatic amines is 1. The Hall–Kier alpha value is -3.38. The third-order valence-electron chi connectivity index (χ3n) is 5.01. The molecule has 0 fully saturated rings. The summed E-state index contributed by atoms with van der Waals surface area (Å²) in [6.07, 6.45) is 0. The summed E-state index contributed by atoms with van der Waals surface area (Å²) in [5.41, 5.74) is 6.57. The molecule has 3 aromatic carbocycles. The molecule has 0 amide bonds. The van der Waals surface area contributed by atoms with E-state index >= 15 is 0 Å². The van der Waals surface area contributed by atoms with Gasteiger partial charge >= 0.3 is 0 Å². The molecule has 0 aliphatic rings. The maximum atomic E-state index is 4.68. The van der Waals surface area contributed by atoms with Crippen molar-refractivity contribution in [2.75, 3.05) is 0 Å². The van der Waals surface area contributed by atoms with Gasteiger partial charge in [0.05, 0.1) is 16.8 Å². The molecule has 6 heteroatoms. The predicted molar refractivity (Wildman–Crippen MR) is 122 cm³/mol. The number of rotatable bonds is 5. The fourth-order valence-corrected chi connectivity index (χ4v) is 4.21. The molecule has 5 nitrogen and oxygen atoms in total. The van der Waals surface area contributed by atoms with Crippen LogP contribution < -0.4 is 0 Å². The van der Waals surface area contributed by atoms with Crippen LogP contribution in [0.15, 0.2) is 78.0 Å². The molecule has 0 radical (unpaired) electrons. The van der Waals surface area contributed by atoms with Crippen LogP contribution in [-0.4, -0.2) is 24.7 Å². The van der Waals surface area contributed by atoms with Crippen molar-refractivity contribution in [3.8, 4) is 17.1 Å². The van der Waals surface area contributed by atoms with E-state index in [1.807, 2.05) is 24.3 Å². The number of fused-ring (bicyclic) bond motifs is 1. The summed E-state index contributed by atoms with van der Waals surface area (Å²) in [7, 11) is 0. The van der Waals surface area contributed by atoms with E-state index in [1.165, 1.54) is 11.1 Å². The number of hydrogen-bond acceptors (Lipinski definition) is 4. The minimum absolute atomic E-state index is 0.687. The molecule has 2 aromatic heterocycles. The van der Waals surface area contributed by atoms with Crippen molar-refractivity contribution in [3.63, 3.8) is 0 Å². The van der Waals surface area contributed by atoms with Gasteiger partial charge in [0.1, 0.15) is 5.82 Å². The van der Waals surface area contributed by atoms with E-state index in [0.717, 1.165) is 39.1 Å². The first-order valence-electron chi connectivity index (χ1n) is 9.83. The molecule has 5 aromatic rings. The van der Waals surface area contributed by atoms with Crippen molar-refractivity contribution in [2.45, 2.75) is 24.8 Å². The summed E-state index contributed by atoms with van der Waals surface area (Å²) >= 11 is 1.63. The number of imidazole rings is 1. The summed E-state index contributed by atoms with van der Waals surface area (Å²) in [5, 5.41) is 9.89. The van der Waals surface area contributed by atoms with Gasteiger partial charge in [-0.25, -0.2) is 4.98 Å². The number of aryl methyl sites for hydroxylation is 2. The average Bonchev–Trinajstić information content (AvgIpc) is 3.37. The molecule has 0 aliphatic carbocycles. The van der Waals surface area contributed by atoms with Crippen molar-refractivity contribution in [2.24, 2.45) is 0 Å². The Labute approximate surface area is 179 Å². The highest BCUT2D eigenvalue weighted by Gasteiger charge is 2.17. The first kappa shape index (κ1) is 18.6. The van der Waals surface area contributed by atoms with E-state index in [-0.39, 0.29) is 0 Å². The number of nitrogens with one attached hydrogen (secondary N) is 1. The van der Waals surface area contributed by atoms with E-state index in [0.29, 0.717) is 5.75 Å². The molecule has 148 valence electrons. The molecule has 0 atom stereocenters. The highest BCUT2D eigenvalue weighted by atomic mass is 32.2. The Morgan fingerprint density at radius 1 is 0.833 bits per heavy atom. The molecule has 0 saturated carbocycles. The SMILES string of the molecule is Cc1ccc(-c2nnc(SCc3nc4ccccc4[nH]3)n2-c2ccc(C)cc2)cc1. The maximum Gasteiger partial charge on any atom is 0.196 e. The van der Waals surface area contributed by atoms with Gasteiger partial charge in [-0.1, -0.05) is 71.4 Å². The van der Waals surface area contributed by atoms with Crippen LogP contribution in [0.3, 0.4) is 0 Å². The van der Waals surface area contributed by atoms with Crippen LogP contribution in [0.5, 0.6) is 0 Å². The molecule has 2 heterocycles. The summed E-state index contributed by atoms with van der Waals surface area (Å²) in [6.45, 7) is 4.18. The predicted octanol–water partition coefficient (Wildman–Crippen LogP) is 5.72. The van der Waals surface area contributed by atoms with E-state index < -0.39 is 0 Å². The van der Waals surface area contributed by atoms with Crippen LogP contribution in [0.25, 0.3) is 28.1 Å². The Bertz CT molecular complexity index is 1270. The van der Waals surface area contributed by atoms with Crippen LogP contribution in [0.2, 0.25) is 0 Å². The average molecular weight is 412 g/mol. The molecule has 1 N–H and O–H groups in total. The number of hydrogen-bond donors (Lipinski definition) is 1. The number of para-hydroxylation sites is 2. The fraction of sp³-hybridized carbons (Fsp3) is 0.125. The van der Waals surface area contributed by atoms with Crippen LogP contribution >= 0.6 is 11.8 Å². The van der Waals surface area contributed by atoms with Crippen molar-refractivity contribution < 1.29 is 0 Å². The standard InChI is InChI=1S/C24H21N5S/c1-16-7-11-18(12-8-16)23-27-28-24(29(23)19-13-9-17(2)10-14-19)30-15-22-25-20-5-3-4-6-21(20)26-22/h3-14H,15H2,1-2H3,(H,25,26). The summed E-state index contributed by atoms with van der Waals surface area (Å²) in [4.78, 5) is 8.07. The Morgan fingerprint density at radius 2 is 1.53 bits per heavy atom.